The van der Waals surface area contributed by atoms with E-state index in [1.54, 1.807) is 6.21 Å². The molecule has 0 aliphatic carbocycles. The zero-order valence-electron chi connectivity index (χ0n) is 8.71. The van der Waals surface area contributed by atoms with Crippen molar-refractivity contribution in [3.05, 3.63) is 54.6 Å². The van der Waals surface area contributed by atoms with Crippen LogP contribution < -0.4 is 0 Å². The molecule has 0 radical (unpaired) electrons. The molecule has 0 N–H and O–H groups in total. The summed E-state index contributed by atoms with van der Waals surface area (Å²) in [5, 5.41) is 1.51. The minimum atomic E-state index is 0.917. The predicted molar refractivity (Wildman–Crippen MR) is 73.7 cm³/mol. The van der Waals surface area contributed by atoms with Crippen molar-refractivity contribution >= 4 is 29.5 Å². The van der Waals surface area contributed by atoms with E-state index in [9.17, 15) is 0 Å². The average molecular weight is 225 g/mol. The number of benzene rings is 2. The van der Waals surface area contributed by atoms with Gasteiger partial charge >= 0.3 is 0 Å². The fourth-order valence-electron chi connectivity index (χ4n) is 1.49. The molecule has 0 saturated carbocycles. The van der Waals surface area contributed by atoms with Gasteiger partial charge in [0.1, 0.15) is 0 Å². The molecular weight excluding hydrogens is 214 g/mol. The number of thiocarbonyl (C=S) groups is 1. The van der Waals surface area contributed by atoms with Gasteiger partial charge in [0.25, 0.3) is 0 Å². The van der Waals surface area contributed by atoms with Crippen LogP contribution >= 0.6 is 12.2 Å². The maximum atomic E-state index is 4.68. The lowest BCUT2D eigenvalue weighted by Gasteiger charge is -2.01. The number of hydrogen-bond acceptors (Lipinski definition) is 2. The van der Waals surface area contributed by atoms with Crippen molar-refractivity contribution in [2.45, 2.75) is 0 Å². The van der Waals surface area contributed by atoms with Gasteiger partial charge in [-0.25, -0.2) is 0 Å². The highest BCUT2D eigenvalue weighted by Gasteiger charge is 1.95. The van der Waals surface area contributed by atoms with Crippen LogP contribution in [0.1, 0.15) is 0 Å². The van der Waals surface area contributed by atoms with Crippen LogP contribution in [0.4, 0.5) is 5.69 Å². The van der Waals surface area contributed by atoms with Gasteiger partial charge in [-0.05, 0) is 23.3 Å². The Morgan fingerprint density at radius 2 is 1.44 bits per heavy atom. The van der Waals surface area contributed by atoms with E-state index in [1.807, 2.05) is 30.3 Å². The van der Waals surface area contributed by atoms with Crippen LogP contribution in [-0.2, 0) is 0 Å². The Morgan fingerprint density at radius 3 is 2.06 bits per heavy atom. The van der Waals surface area contributed by atoms with E-state index in [1.165, 1.54) is 16.5 Å². The summed E-state index contributed by atoms with van der Waals surface area (Å²) in [5.41, 5.74) is 3.33. The molecule has 0 fully saturated rings. The minimum absolute atomic E-state index is 0.917. The van der Waals surface area contributed by atoms with E-state index in [4.69, 9.17) is 0 Å². The normalized spacial score (nSPS) is 10.5. The van der Waals surface area contributed by atoms with Gasteiger partial charge in [-0.1, -0.05) is 54.7 Å². The molecule has 0 atom stereocenters. The molecule has 0 amide bonds. The quantitative estimate of drug-likeness (QED) is 0.567. The van der Waals surface area contributed by atoms with Gasteiger partial charge in [-0.15, -0.1) is 0 Å². The summed E-state index contributed by atoms with van der Waals surface area (Å²) in [5.74, 6) is 0. The molecule has 2 heteroatoms. The van der Waals surface area contributed by atoms with Gasteiger partial charge in [-0.3, -0.25) is 4.99 Å². The van der Waals surface area contributed by atoms with Gasteiger partial charge < -0.3 is 0 Å². The largest absolute Gasteiger partial charge is 0.256 e. The van der Waals surface area contributed by atoms with E-state index < -0.39 is 0 Å². The van der Waals surface area contributed by atoms with Crippen molar-refractivity contribution in [2.24, 2.45) is 4.99 Å². The van der Waals surface area contributed by atoms with E-state index in [-0.39, 0.29) is 0 Å². The molecule has 2 aromatic carbocycles. The van der Waals surface area contributed by atoms with Crippen LogP contribution in [-0.4, -0.2) is 11.6 Å². The highest BCUT2D eigenvalue weighted by atomic mass is 32.1. The maximum Gasteiger partial charge on any atom is 0.0630 e. The molecule has 0 aliphatic rings. The van der Waals surface area contributed by atoms with Crippen molar-refractivity contribution in [3.8, 4) is 11.1 Å². The standard InChI is InChI=1S/C14H11NS/c16-11-10-15-14-8-6-13(7-9-14)12-4-2-1-3-5-12/h1-11H. The first-order valence-corrected chi connectivity index (χ1v) is 5.50. The summed E-state index contributed by atoms with van der Waals surface area (Å²) in [6.45, 7) is 0. The zero-order valence-corrected chi connectivity index (χ0v) is 9.52. The Hall–Kier alpha value is -1.80. The second kappa shape index (κ2) is 5.33. The summed E-state index contributed by atoms with van der Waals surface area (Å²) in [7, 11) is 0. The topological polar surface area (TPSA) is 12.4 Å². The Morgan fingerprint density at radius 1 is 0.812 bits per heavy atom. The molecule has 2 rings (SSSR count). The molecule has 0 saturated heterocycles. The summed E-state index contributed by atoms with van der Waals surface area (Å²) in [6.07, 6.45) is 1.62. The Kier molecular flexibility index (Phi) is 3.57. The van der Waals surface area contributed by atoms with Crippen LogP contribution in [0.3, 0.4) is 0 Å². The molecular formula is C14H11NS. The Labute approximate surface area is 100 Å². The van der Waals surface area contributed by atoms with Crippen molar-refractivity contribution in [1.29, 1.82) is 0 Å². The maximum absolute atomic E-state index is 4.68. The second-order valence-electron chi connectivity index (χ2n) is 3.33. The van der Waals surface area contributed by atoms with Crippen molar-refractivity contribution in [2.75, 3.05) is 0 Å². The van der Waals surface area contributed by atoms with Crippen LogP contribution in [0.25, 0.3) is 11.1 Å². The molecule has 0 aromatic heterocycles. The molecule has 16 heavy (non-hydrogen) atoms. The molecule has 0 bridgehead atoms. The van der Waals surface area contributed by atoms with E-state index in [0.29, 0.717) is 0 Å². The third kappa shape index (κ3) is 2.61. The summed E-state index contributed by atoms with van der Waals surface area (Å²) < 4.78 is 0. The first-order chi connectivity index (χ1) is 7.90. The number of nitrogens with zero attached hydrogens (tertiary/aromatic N) is 1. The molecule has 1 nitrogen and oxygen atoms in total. The third-order valence-electron chi connectivity index (χ3n) is 2.26. The lowest BCUT2D eigenvalue weighted by atomic mass is 10.1. The van der Waals surface area contributed by atoms with Crippen LogP contribution in [0.2, 0.25) is 0 Å². The van der Waals surface area contributed by atoms with Gasteiger partial charge in [-0.2, -0.15) is 0 Å². The highest BCUT2D eigenvalue weighted by molar-refractivity contribution is 7.80. The molecule has 2 aromatic rings. The third-order valence-corrected chi connectivity index (χ3v) is 2.38. The second-order valence-corrected chi connectivity index (χ2v) is 3.60. The van der Waals surface area contributed by atoms with Crippen LogP contribution in [0.5, 0.6) is 0 Å². The highest BCUT2D eigenvalue weighted by Crippen LogP contribution is 2.21. The summed E-state index contributed by atoms with van der Waals surface area (Å²) in [4.78, 5) is 4.17. The first kappa shape index (κ1) is 10.7. The first-order valence-electron chi connectivity index (χ1n) is 5.03. The number of hydrogen-bond donors (Lipinski definition) is 0. The minimum Gasteiger partial charge on any atom is -0.256 e. The van der Waals surface area contributed by atoms with E-state index in [0.717, 1.165) is 5.69 Å². The molecule has 0 aliphatic heterocycles. The monoisotopic (exact) mass is 225 g/mol. The molecule has 0 spiro atoms. The van der Waals surface area contributed by atoms with Gasteiger partial charge in [0, 0.05) is 11.6 Å². The lowest BCUT2D eigenvalue weighted by molar-refractivity contribution is 1.53. The molecule has 78 valence electrons. The van der Waals surface area contributed by atoms with E-state index in [2.05, 4.69) is 41.5 Å². The Balaban J connectivity index is 2.26. The number of rotatable bonds is 3. The van der Waals surface area contributed by atoms with Crippen molar-refractivity contribution < 1.29 is 0 Å². The van der Waals surface area contributed by atoms with Crippen molar-refractivity contribution in [1.82, 2.24) is 0 Å². The average Bonchev–Trinajstić information content (AvgIpc) is 2.38. The fourth-order valence-corrected chi connectivity index (χ4v) is 1.55. The van der Waals surface area contributed by atoms with Gasteiger partial charge in [0.2, 0.25) is 0 Å². The van der Waals surface area contributed by atoms with Gasteiger partial charge in [0.05, 0.1) is 5.69 Å². The van der Waals surface area contributed by atoms with Crippen LogP contribution in [0.15, 0.2) is 59.6 Å². The SMILES string of the molecule is S=CC=Nc1ccc(-c2ccccc2)cc1. The predicted octanol–water partition coefficient (Wildman–Crippen LogP) is 4.06. The zero-order chi connectivity index (χ0) is 11.2. The number of aliphatic imine (C=N–C) groups is 1. The summed E-state index contributed by atoms with van der Waals surface area (Å²) in [6, 6.07) is 18.4. The van der Waals surface area contributed by atoms with Gasteiger partial charge in [0.15, 0.2) is 0 Å². The van der Waals surface area contributed by atoms with Crippen LogP contribution in [0, 0.1) is 0 Å². The molecule has 0 heterocycles. The molecule has 0 unspecified atom stereocenters. The fraction of sp³-hybridized carbons (Fsp3) is 0. The smallest absolute Gasteiger partial charge is 0.0630 e. The van der Waals surface area contributed by atoms with E-state index >= 15 is 0 Å². The lowest BCUT2D eigenvalue weighted by Crippen LogP contribution is -1.76. The van der Waals surface area contributed by atoms with Crippen molar-refractivity contribution in [3.63, 3.8) is 0 Å². The Bertz CT molecular complexity index is 486. The summed E-state index contributed by atoms with van der Waals surface area (Å²) >= 11 is 4.68.